The topological polar surface area (TPSA) is 30.9 Å². The van der Waals surface area contributed by atoms with Gasteiger partial charge >= 0.3 is 8.80 Å². The summed E-state index contributed by atoms with van der Waals surface area (Å²) in [7, 11) is 2.07. The van der Waals surface area contributed by atoms with Crippen LogP contribution < -0.4 is 10.1 Å². The summed E-state index contributed by atoms with van der Waals surface area (Å²) in [6, 6.07) is 29.3. The first kappa shape index (κ1) is 20.3. The fraction of sp³-hybridized carbons (Fsp3) is 0.217. The Morgan fingerprint density at radius 2 is 1.04 bits per heavy atom. The molecule has 146 valence electrons. The minimum absolute atomic E-state index is 0.830. The molecule has 0 fully saturated rings. The lowest BCUT2D eigenvalue weighted by molar-refractivity contribution is 0.140. The lowest BCUT2D eigenvalue weighted by Crippen LogP contribution is -2.54. The summed E-state index contributed by atoms with van der Waals surface area (Å²) >= 11 is 0. The highest BCUT2D eigenvalue weighted by molar-refractivity contribution is 6.75. The third-order valence-electron chi connectivity index (χ3n) is 4.82. The van der Waals surface area contributed by atoms with E-state index >= 15 is 0 Å². The Kier molecular flexibility index (Phi) is 7.00. The second-order valence-corrected chi connectivity index (χ2v) is 9.46. The van der Waals surface area contributed by atoms with Crippen molar-refractivity contribution in [3.8, 4) is 0 Å². The van der Waals surface area contributed by atoms with Gasteiger partial charge in [0.15, 0.2) is 0 Å². The Morgan fingerprint density at radius 3 is 1.43 bits per heavy atom. The first-order valence-corrected chi connectivity index (χ1v) is 11.0. The molecule has 0 amide bonds. The van der Waals surface area contributed by atoms with E-state index in [0.717, 1.165) is 24.0 Å². The van der Waals surface area contributed by atoms with Gasteiger partial charge in [0.1, 0.15) is 0 Å². The first-order chi connectivity index (χ1) is 13.7. The molecule has 0 aromatic heterocycles. The third kappa shape index (κ3) is 4.69. The van der Waals surface area contributed by atoms with Crippen LogP contribution in [0.5, 0.6) is 0 Å². The summed E-state index contributed by atoms with van der Waals surface area (Å²) in [6.45, 7) is 1.66. The maximum absolute atomic E-state index is 5.59. The van der Waals surface area contributed by atoms with Gasteiger partial charge in [-0.3, -0.25) is 0 Å². The van der Waals surface area contributed by atoms with E-state index in [4.69, 9.17) is 13.3 Å². The van der Waals surface area contributed by atoms with Crippen molar-refractivity contribution in [1.82, 2.24) is 0 Å². The molecular weight excluding hydrogens is 366 g/mol. The zero-order valence-corrected chi connectivity index (χ0v) is 17.7. The van der Waals surface area contributed by atoms with Crippen molar-refractivity contribution in [2.75, 3.05) is 26.2 Å². The number of nitrogens with zero attached hydrogens (tertiary/aromatic N) is 1. The smallest absolute Gasteiger partial charge is 0.373 e. The molecule has 3 aromatic carbocycles. The molecule has 0 aliphatic carbocycles. The summed E-state index contributed by atoms with van der Waals surface area (Å²) < 4.78 is 16.8. The van der Waals surface area contributed by atoms with E-state index in [0.29, 0.717) is 0 Å². The number of hydrogen-bond donors (Lipinski definition) is 0. The monoisotopic (exact) mass is 393 g/mol. The summed E-state index contributed by atoms with van der Waals surface area (Å²) in [4.78, 5) is 2.37. The van der Waals surface area contributed by atoms with Gasteiger partial charge in [-0.2, -0.15) is 0 Å². The Balaban J connectivity index is 1.89. The Hall–Kier alpha value is -2.44. The summed E-state index contributed by atoms with van der Waals surface area (Å²) in [5, 5.41) is 0.947. The molecule has 0 N–H and O–H groups in total. The van der Waals surface area contributed by atoms with Gasteiger partial charge in [0.25, 0.3) is 0 Å². The highest BCUT2D eigenvalue weighted by Crippen LogP contribution is 2.20. The van der Waals surface area contributed by atoms with Gasteiger partial charge < -0.3 is 18.2 Å². The van der Waals surface area contributed by atoms with Crippen LogP contribution in [0.25, 0.3) is 0 Å². The van der Waals surface area contributed by atoms with Gasteiger partial charge in [0.05, 0.1) is 0 Å². The standard InChI is InChI=1S/C23H27NO3Si/c1-25-28(26-2,27-3)23-16-14-22(15-17-23)24(18-20-10-6-4-7-11-20)19-21-12-8-5-9-13-21/h4-17H,18-19H2,1-3H3. The Bertz CT molecular complexity index is 787. The summed E-state index contributed by atoms with van der Waals surface area (Å²) in [6.07, 6.45) is 0. The van der Waals surface area contributed by atoms with Crippen LogP contribution in [0.15, 0.2) is 84.9 Å². The fourth-order valence-electron chi connectivity index (χ4n) is 3.33. The van der Waals surface area contributed by atoms with Crippen LogP contribution >= 0.6 is 0 Å². The van der Waals surface area contributed by atoms with E-state index in [1.807, 2.05) is 24.3 Å². The van der Waals surface area contributed by atoms with Gasteiger partial charge in [-0.25, -0.2) is 0 Å². The van der Waals surface area contributed by atoms with Crippen molar-refractivity contribution < 1.29 is 13.3 Å². The highest BCUT2D eigenvalue weighted by Gasteiger charge is 2.40. The third-order valence-corrected chi connectivity index (χ3v) is 7.48. The van der Waals surface area contributed by atoms with Crippen molar-refractivity contribution in [3.63, 3.8) is 0 Å². The molecule has 0 saturated carbocycles. The van der Waals surface area contributed by atoms with Crippen molar-refractivity contribution in [2.24, 2.45) is 0 Å². The van der Waals surface area contributed by atoms with E-state index in [1.165, 1.54) is 11.1 Å². The van der Waals surface area contributed by atoms with E-state index < -0.39 is 8.80 Å². The molecule has 5 heteroatoms. The van der Waals surface area contributed by atoms with Crippen LogP contribution in [0.2, 0.25) is 0 Å². The van der Waals surface area contributed by atoms with Crippen molar-refractivity contribution in [3.05, 3.63) is 96.1 Å². The van der Waals surface area contributed by atoms with Crippen LogP contribution in [0.1, 0.15) is 11.1 Å². The first-order valence-electron chi connectivity index (χ1n) is 9.29. The average molecular weight is 394 g/mol. The maximum Gasteiger partial charge on any atom is 0.536 e. The van der Waals surface area contributed by atoms with Gasteiger partial charge in [0, 0.05) is 45.3 Å². The molecule has 3 rings (SSSR count). The van der Waals surface area contributed by atoms with Crippen molar-refractivity contribution in [2.45, 2.75) is 13.1 Å². The van der Waals surface area contributed by atoms with Crippen LogP contribution in [-0.4, -0.2) is 30.1 Å². The largest absolute Gasteiger partial charge is 0.536 e. The van der Waals surface area contributed by atoms with Crippen molar-refractivity contribution >= 4 is 19.7 Å². The summed E-state index contributed by atoms with van der Waals surface area (Å²) in [5.41, 5.74) is 3.69. The predicted octanol–water partition coefficient (Wildman–Crippen LogP) is 3.98. The molecule has 0 unspecified atom stereocenters. The average Bonchev–Trinajstić information content (AvgIpc) is 2.77. The van der Waals surface area contributed by atoms with E-state index in [9.17, 15) is 0 Å². The number of rotatable bonds is 9. The summed E-state index contributed by atoms with van der Waals surface area (Å²) in [5.74, 6) is 0. The Morgan fingerprint density at radius 1 is 0.607 bits per heavy atom. The molecular formula is C23H27NO3Si. The maximum atomic E-state index is 5.59. The van der Waals surface area contributed by atoms with Gasteiger partial charge in [-0.05, 0) is 23.3 Å². The van der Waals surface area contributed by atoms with E-state index in [2.05, 4.69) is 65.6 Å². The molecule has 0 radical (unpaired) electrons. The van der Waals surface area contributed by atoms with Crippen LogP contribution in [0.4, 0.5) is 5.69 Å². The number of anilines is 1. The molecule has 0 aliphatic heterocycles. The molecule has 0 aliphatic rings. The molecule has 0 saturated heterocycles. The lowest BCUT2D eigenvalue weighted by atomic mass is 10.1. The molecule has 4 nitrogen and oxygen atoms in total. The zero-order valence-electron chi connectivity index (χ0n) is 16.7. The van der Waals surface area contributed by atoms with Crippen LogP contribution in [0.3, 0.4) is 0 Å². The van der Waals surface area contributed by atoms with Crippen LogP contribution in [-0.2, 0) is 26.4 Å². The fourth-order valence-corrected chi connectivity index (χ4v) is 5.11. The van der Waals surface area contributed by atoms with Crippen molar-refractivity contribution in [1.29, 1.82) is 0 Å². The molecule has 0 heterocycles. The molecule has 0 bridgehead atoms. The zero-order chi connectivity index (χ0) is 19.8. The number of hydrogen-bond acceptors (Lipinski definition) is 4. The second-order valence-electron chi connectivity index (χ2n) is 6.54. The highest BCUT2D eigenvalue weighted by atomic mass is 28.4. The molecule has 3 aromatic rings. The normalized spacial score (nSPS) is 11.4. The van der Waals surface area contributed by atoms with Gasteiger partial charge in [-0.15, -0.1) is 0 Å². The minimum atomic E-state index is -2.82. The van der Waals surface area contributed by atoms with Gasteiger partial charge in [-0.1, -0.05) is 72.8 Å². The quantitative estimate of drug-likeness (QED) is 0.515. The lowest BCUT2D eigenvalue weighted by Gasteiger charge is -2.27. The molecule has 0 spiro atoms. The van der Waals surface area contributed by atoms with Crippen LogP contribution in [0, 0.1) is 0 Å². The SMILES string of the molecule is CO[Si](OC)(OC)c1ccc(N(Cc2ccccc2)Cc2ccccc2)cc1. The molecule has 28 heavy (non-hydrogen) atoms. The van der Waals surface area contributed by atoms with E-state index in [1.54, 1.807) is 21.3 Å². The molecule has 0 atom stereocenters. The van der Waals surface area contributed by atoms with Gasteiger partial charge in [0.2, 0.25) is 0 Å². The Labute approximate surface area is 168 Å². The minimum Gasteiger partial charge on any atom is -0.373 e. The van der Waals surface area contributed by atoms with E-state index in [-0.39, 0.29) is 0 Å². The predicted molar refractivity (Wildman–Crippen MR) is 116 cm³/mol. The number of benzene rings is 3. The second kappa shape index (κ2) is 9.66.